The highest BCUT2D eigenvalue weighted by molar-refractivity contribution is 6.30. The van der Waals surface area contributed by atoms with Crippen LogP contribution in [0, 0.1) is 0 Å². The quantitative estimate of drug-likeness (QED) is 0.437. The van der Waals surface area contributed by atoms with E-state index >= 15 is 0 Å². The van der Waals surface area contributed by atoms with E-state index in [-0.39, 0.29) is 11.5 Å². The van der Waals surface area contributed by atoms with Gasteiger partial charge in [-0.2, -0.15) is 0 Å². The average Bonchev–Trinajstić information content (AvgIpc) is 3.12. The largest absolute Gasteiger partial charge is 0.493 e. The number of Topliss-reactive ketones (excluding diaryl/α,β-unsaturated/α-hetero) is 1. The van der Waals surface area contributed by atoms with Gasteiger partial charge in [-0.15, -0.1) is 0 Å². The van der Waals surface area contributed by atoms with Gasteiger partial charge in [0.05, 0.1) is 26.9 Å². The lowest BCUT2D eigenvalue weighted by Gasteiger charge is -2.13. The van der Waals surface area contributed by atoms with Gasteiger partial charge in [-0.3, -0.25) is 4.79 Å². The fraction of sp³-hybridized carbons (Fsp3) is 0.160. The van der Waals surface area contributed by atoms with E-state index in [4.69, 9.17) is 35.3 Å². The normalized spacial score (nSPS) is 13.5. The molecule has 1 aliphatic rings. The maximum Gasteiger partial charge on any atom is 0.231 e. The molecule has 0 spiro atoms. The van der Waals surface area contributed by atoms with Crippen LogP contribution in [-0.4, -0.2) is 27.1 Å². The topological polar surface area (TPSA) is 63.2 Å². The standard InChI is InChI=1S/C25H21ClO6/c1-28-22-11-16(12-23(29-2)25(22)30-3)10-21-24(27)19-9-8-18(13-20(19)32-21)31-14-15-4-6-17(26)7-5-15/h4-13H,14H2,1-3H3. The van der Waals surface area contributed by atoms with Crippen molar-refractivity contribution < 1.29 is 28.5 Å². The van der Waals surface area contributed by atoms with Gasteiger partial charge in [-0.05, 0) is 53.6 Å². The lowest BCUT2D eigenvalue weighted by molar-refractivity contribution is 0.101. The van der Waals surface area contributed by atoms with Gasteiger partial charge in [0.15, 0.2) is 17.3 Å². The number of methoxy groups -OCH3 is 3. The van der Waals surface area contributed by atoms with Crippen molar-refractivity contribution in [1.29, 1.82) is 0 Å². The second kappa shape index (κ2) is 9.24. The molecular weight excluding hydrogens is 432 g/mol. The predicted octanol–water partition coefficient (Wildman–Crippen LogP) is 5.56. The minimum atomic E-state index is -0.210. The first-order chi connectivity index (χ1) is 15.5. The first-order valence-corrected chi connectivity index (χ1v) is 10.2. The summed E-state index contributed by atoms with van der Waals surface area (Å²) < 4.78 is 27.8. The van der Waals surface area contributed by atoms with E-state index in [1.807, 2.05) is 24.3 Å². The van der Waals surface area contributed by atoms with Crippen molar-refractivity contribution in [1.82, 2.24) is 0 Å². The summed E-state index contributed by atoms with van der Waals surface area (Å²) in [6.07, 6.45) is 1.64. The molecule has 7 heteroatoms. The molecule has 4 rings (SSSR count). The van der Waals surface area contributed by atoms with Crippen molar-refractivity contribution in [3.8, 4) is 28.7 Å². The average molecular weight is 453 g/mol. The van der Waals surface area contributed by atoms with E-state index in [1.54, 1.807) is 36.4 Å². The summed E-state index contributed by atoms with van der Waals surface area (Å²) in [6, 6.07) is 16.1. The van der Waals surface area contributed by atoms with Crippen LogP contribution in [0.25, 0.3) is 6.08 Å². The predicted molar refractivity (Wildman–Crippen MR) is 121 cm³/mol. The minimum absolute atomic E-state index is 0.198. The SMILES string of the molecule is COc1cc(C=C2Oc3cc(OCc4ccc(Cl)cc4)ccc3C2=O)cc(OC)c1OC. The molecule has 0 atom stereocenters. The van der Waals surface area contributed by atoms with Crippen LogP contribution in [0.4, 0.5) is 0 Å². The molecule has 3 aromatic rings. The van der Waals surface area contributed by atoms with Gasteiger partial charge in [0.2, 0.25) is 11.5 Å². The monoisotopic (exact) mass is 452 g/mol. The molecule has 0 aromatic heterocycles. The highest BCUT2D eigenvalue weighted by atomic mass is 35.5. The lowest BCUT2D eigenvalue weighted by atomic mass is 10.1. The highest BCUT2D eigenvalue weighted by Crippen LogP contribution is 2.40. The van der Waals surface area contributed by atoms with Crippen molar-refractivity contribution >= 4 is 23.5 Å². The van der Waals surface area contributed by atoms with Gasteiger partial charge < -0.3 is 23.7 Å². The molecule has 3 aromatic carbocycles. The number of halogens is 1. The summed E-state index contributed by atoms with van der Waals surface area (Å²) in [7, 11) is 4.60. The molecule has 164 valence electrons. The van der Waals surface area contributed by atoms with Crippen molar-refractivity contribution in [3.63, 3.8) is 0 Å². The van der Waals surface area contributed by atoms with Crippen molar-refractivity contribution in [2.75, 3.05) is 21.3 Å². The maximum absolute atomic E-state index is 12.8. The molecule has 1 aliphatic heterocycles. The molecule has 0 fully saturated rings. The fourth-order valence-electron chi connectivity index (χ4n) is 3.34. The van der Waals surface area contributed by atoms with Crippen LogP contribution in [0.2, 0.25) is 5.02 Å². The summed E-state index contributed by atoms with van der Waals surface area (Å²) in [4.78, 5) is 12.8. The van der Waals surface area contributed by atoms with Crippen LogP contribution in [-0.2, 0) is 6.61 Å². The molecule has 0 saturated carbocycles. The summed E-state index contributed by atoms with van der Waals surface area (Å²) >= 11 is 5.91. The molecule has 0 saturated heterocycles. The molecular formula is C25H21ClO6. The summed E-state index contributed by atoms with van der Waals surface area (Å²) in [5, 5.41) is 0.671. The third-order valence-corrected chi connectivity index (χ3v) is 5.20. The van der Waals surface area contributed by atoms with E-state index in [1.165, 1.54) is 21.3 Å². The third kappa shape index (κ3) is 4.36. The van der Waals surface area contributed by atoms with Crippen LogP contribution in [0.5, 0.6) is 28.7 Å². The Morgan fingerprint density at radius 3 is 2.22 bits per heavy atom. The Morgan fingerprint density at radius 2 is 1.59 bits per heavy atom. The van der Waals surface area contributed by atoms with Crippen molar-refractivity contribution in [2.45, 2.75) is 6.61 Å². The Morgan fingerprint density at radius 1 is 0.906 bits per heavy atom. The third-order valence-electron chi connectivity index (χ3n) is 4.94. The zero-order chi connectivity index (χ0) is 22.7. The minimum Gasteiger partial charge on any atom is -0.493 e. The van der Waals surface area contributed by atoms with Crippen molar-refractivity contribution in [2.24, 2.45) is 0 Å². The van der Waals surface area contributed by atoms with E-state index in [2.05, 4.69) is 0 Å². The smallest absolute Gasteiger partial charge is 0.231 e. The number of fused-ring (bicyclic) bond motifs is 1. The number of allylic oxidation sites excluding steroid dienone is 1. The number of rotatable bonds is 7. The number of carbonyl (C=O) groups is 1. The van der Waals surface area contributed by atoms with Crippen LogP contribution < -0.4 is 23.7 Å². The molecule has 0 aliphatic carbocycles. The maximum atomic E-state index is 12.8. The Labute approximate surface area is 190 Å². The van der Waals surface area contributed by atoms with Crippen molar-refractivity contribution in [3.05, 3.63) is 82.1 Å². The Hall–Kier alpha value is -3.64. The first kappa shape index (κ1) is 21.6. The highest BCUT2D eigenvalue weighted by Gasteiger charge is 2.28. The summed E-state index contributed by atoms with van der Waals surface area (Å²) in [5.74, 6) is 2.48. The lowest BCUT2D eigenvalue weighted by Crippen LogP contribution is -1.99. The number of benzene rings is 3. The molecule has 0 N–H and O–H groups in total. The zero-order valence-corrected chi connectivity index (χ0v) is 18.6. The Bertz CT molecular complexity index is 1160. The number of ether oxygens (including phenoxy) is 5. The number of carbonyl (C=O) groups excluding carboxylic acids is 1. The molecule has 1 heterocycles. The van der Waals surface area contributed by atoms with Gasteiger partial charge in [0.1, 0.15) is 18.1 Å². The molecule has 0 unspecified atom stereocenters. The molecule has 32 heavy (non-hydrogen) atoms. The van der Waals surface area contributed by atoms with Gasteiger partial charge in [0, 0.05) is 11.1 Å². The molecule has 0 amide bonds. The van der Waals surface area contributed by atoms with Crippen LogP contribution in [0.15, 0.2) is 60.4 Å². The molecule has 0 radical (unpaired) electrons. The Balaban J connectivity index is 1.55. The first-order valence-electron chi connectivity index (χ1n) is 9.78. The summed E-state index contributed by atoms with van der Waals surface area (Å²) in [5.41, 5.74) is 2.13. The zero-order valence-electron chi connectivity index (χ0n) is 17.8. The van der Waals surface area contributed by atoms with E-state index in [0.29, 0.717) is 51.5 Å². The van der Waals surface area contributed by atoms with Crippen LogP contribution >= 0.6 is 11.6 Å². The van der Waals surface area contributed by atoms with E-state index in [0.717, 1.165) is 5.56 Å². The van der Waals surface area contributed by atoms with Gasteiger partial charge in [0.25, 0.3) is 0 Å². The molecule has 0 bridgehead atoms. The number of hydrogen-bond acceptors (Lipinski definition) is 6. The summed E-state index contributed by atoms with van der Waals surface area (Å²) in [6.45, 7) is 0.373. The number of hydrogen-bond donors (Lipinski definition) is 0. The number of ketones is 1. The second-order valence-corrected chi connectivity index (χ2v) is 7.41. The van der Waals surface area contributed by atoms with Gasteiger partial charge in [-0.25, -0.2) is 0 Å². The van der Waals surface area contributed by atoms with Gasteiger partial charge in [-0.1, -0.05) is 23.7 Å². The van der Waals surface area contributed by atoms with E-state index < -0.39 is 0 Å². The Kier molecular flexibility index (Phi) is 6.23. The van der Waals surface area contributed by atoms with Gasteiger partial charge >= 0.3 is 0 Å². The van der Waals surface area contributed by atoms with Crippen LogP contribution in [0.1, 0.15) is 21.5 Å². The second-order valence-electron chi connectivity index (χ2n) is 6.97. The van der Waals surface area contributed by atoms with E-state index in [9.17, 15) is 4.79 Å². The van der Waals surface area contributed by atoms with Crippen LogP contribution in [0.3, 0.4) is 0 Å². The molecule has 6 nitrogen and oxygen atoms in total. The fourth-order valence-corrected chi connectivity index (χ4v) is 3.47.